The number of amides is 2. The van der Waals surface area contributed by atoms with Gasteiger partial charge in [0.2, 0.25) is 6.29 Å². The number of aromatic nitrogens is 4. The van der Waals surface area contributed by atoms with Crippen LogP contribution in [0.3, 0.4) is 0 Å². The summed E-state index contributed by atoms with van der Waals surface area (Å²) in [5.74, 6) is 0.687. The number of rotatable bonds is 8. The number of nitriles is 1. The summed E-state index contributed by atoms with van der Waals surface area (Å²) in [4.78, 5) is 23.2. The molecular weight excluding hydrogens is 452 g/mol. The molecule has 3 aromatic heterocycles. The summed E-state index contributed by atoms with van der Waals surface area (Å²) in [6.07, 6.45) is 4.38. The standard InChI is InChI=1S/C23H26N8O4/c1-30-14-16(13-27-30)17-4-5-20(29-21(17)22-34-8-9-35-22)31(2)23(32)28-19-10-18(25-6-7-33-3)15(11-24)12-26-19/h4-5,10,12-14,22H,6-9H2,1-3H3,(H2,25,26,28,32). The van der Waals surface area contributed by atoms with E-state index in [9.17, 15) is 10.1 Å². The van der Waals surface area contributed by atoms with Crippen LogP contribution in [0.1, 0.15) is 17.5 Å². The smallest absolute Gasteiger partial charge is 0.328 e. The molecule has 12 nitrogen and oxygen atoms in total. The number of nitrogens with one attached hydrogen (secondary N) is 2. The van der Waals surface area contributed by atoms with Gasteiger partial charge >= 0.3 is 6.03 Å². The van der Waals surface area contributed by atoms with Gasteiger partial charge in [-0.05, 0) is 12.1 Å². The van der Waals surface area contributed by atoms with Crippen molar-refractivity contribution in [2.24, 2.45) is 7.05 Å². The highest BCUT2D eigenvalue weighted by molar-refractivity contribution is 6.00. The quantitative estimate of drug-likeness (QED) is 0.467. The minimum atomic E-state index is -0.637. The molecule has 0 spiro atoms. The van der Waals surface area contributed by atoms with E-state index in [1.165, 1.54) is 11.1 Å². The average molecular weight is 479 g/mol. The van der Waals surface area contributed by atoms with Crippen molar-refractivity contribution < 1.29 is 19.0 Å². The molecule has 0 unspecified atom stereocenters. The number of hydrogen-bond acceptors (Lipinski definition) is 9. The van der Waals surface area contributed by atoms with Crippen LogP contribution in [0.15, 0.2) is 36.8 Å². The molecule has 182 valence electrons. The maximum atomic E-state index is 13.0. The second-order valence-corrected chi connectivity index (χ2v) is 7.71. The Bertz CT molecular complexity index is 1230. The molecule has 35 heavy (non-hydrogen) atoms. The summed E-state index contributed by atoms with van der Waals surface area (Å²) < 4.78 is 18.1. The van der Waals surface area contributed by atoms with E-state index in [1.54, 1.807) is 37.2 Å². The van der Waals surface area contributed by atoms with Gasteiger partial charge in [-0.3, -0.25) is 14.9 Å². The molecule has 2 amide bonds. The molecule has 2 N–H and O–H groups in total. The summed E-state index contributed by atoms with van der Waals surface area (Å²) in [5.41, 5.74) is 3.15. The van der Waals surface area contributed by atoms with Crippen LogP contribution in [0.2, 0.25) is 0 Å². The van der Waals surface area contributed by atoms with E-state index >= 15 is 0 Å². The Hall–Kier alpha value is -4.05. The SMILES string of the molecule is COCCNc1cc(NC(=O)N(C)c2ccc(-c3cnn(C)c3)c(C3OCCO3)n2)ncc1C#N. The lowest BCUT2D eigenvalue weighted by Crippen LogP contribution is -2.32. The normalized spacial score (nSPS) is 13.4. The van der Waals surface area contributed by atoms with Gasteiger partial charge in [-0.1, -0.05) is 0 Å². The van der Waals surface area contributed by atoms with Gasteiger partial charge in [-0.25, -0.2) is 14.8 Å². The van der Waals surface area contributed by atoms with Crippen LogP contribution in [0, 0.1) is 11.3 Å². The lowest BCUT2D eigenvalue weighted by Gasteiger charge is -2.20. The van der Waals surface area contributed by atoms with Crippen molar-refractivity contribution in [1.82, 2.24) is 19.7 Å². The van der Waals surface area contributed by atoms with Crippen molar-refractivity contribution in [1.29, 1.82) is 5.26 Å². The zero-order chi connectivity index (χ0) is 24.8. The number of carbonyl (C=O) groups is 1. The van der Waals surface area contributed by atoms with E-state index in [-0.39, 0.29) is 5.82 Å². The molecule has 3 aromatic rings. The maximum Gasteiger partial charge on any atom is 0.328 e. The highest BCUT2D eigenvalue weighted by Crippen LogP contribution is 2.33. The number of aryl methyl sites for hydroxylation is 1. The topological polar surface area (TPSA) is 139 Å². The van der Waals surface area contributed by atoms with Crippen LogP contribution in [-0.4, -0.2) is 66.3 Å². The third kappa shape index (κ3) is 5.55. The first kappa shape index (κ1) is 24.1. The van der Waals surface area contributed by atoms with E-state index in [0.717, 1.165) is 11.1 Å². The largest absolute Gasteiger partial charge is 0.383 e. The van der Waals surface area contributed by atoms with Crippen molar-refractivity contribution >= 4 is 23.4 Å². The second-order valence-electron chi connectivity index (χ2n) is 7.71. The van der Waals surface area contributed by atoms with Gasteiger partial charge in [-0.15, -0.1) is 0 Å². The van der Waals surface area contributed by atoms with Crippen molar-refractivity contribution in [3.63, 3.8) is 0 Å². The molecule has 0 saturated carbocycles. The number of urea groups is 1. The molecule has 0 aliphatic carbocycles. The highest BCUT2D eigenvalue weighted by Gasteiger charge is 2.26. The van der Waals surface area contributed by atoms with E-state index in [1.807, 2.05) is 19.3 Å². The zero-order valence-electron chi connectivity index (χ0n) is 19.7. The summed E-state index contributed by atoms with van der Waals surface area (Å²) in [7, 11) is 5.03. The van der Waals surface area contributed by atoms with Crippen molar-refractivity contribution in [2.45, 2.75) is 6.29 Å². The predicted molar refractivity (Wildman–Crippen MR) is 128 cm³/mol. The van der Waals surface area contributed by atoms with Crippen LogP contribution in [0.5, 0.6) is 0 Å². The molecule has 4 rings (SSSR count). The van der Waals surface area contributed by atoms with Gasteiger partial charge in [0.25, 0.3) is 0 Å². The fraction of sp³-hybridized carbons (Fsp3) is 0.348. The maximum absolute atomic E-state index is 13.0. The number of carbonyl (C=O) groups excluding carboxylic acids is 1. The average Bonchev–Trinajstić information content (AvgIpc) is 3.56. The Balaban J connectivity index is 1.55. The fourth-order valence-electron chi connectivity index (χ4n) is 3.50. The molecule has 0 atom stereocenters. The fourth-order valence-corrected chi connectivity index (χ4v) is 3.50. The molecular formula is C23H26N8O4. The summed E-state index contributed by atoms with van der Waals surface area (Å²) in [6, 6.07) is 6.83. The van der Waals surface area contributed by atoms with E-state index in [0.29, 0.717) is 49.1 Å². The monoisotopic (exact) mass is 478 g/mol. The second kappa shape index (κ2) is 10.9. The molecule has 1 aliphatic rings. The Labute approximate surface area is 202 Å². The lowest BCUT2D eigenvalue weighted by molar-refractivity contribution is -0.0467. The van der Waals surface area contributed by atoms with Crippen LogP contribution in [0.4, 0.5) is 22.1 Å². The predicted octanol–water partition coefficient (Wildman–Crippen LogP) is 2.52. The molecule has 12 heteroatoms. The van der Waals surface area contributed by atoms with Gasteiger partial charge in [0, 0.05) is 57.3 Å². The highest BCUT2D eigenvalue weighted by atomic mass is 16.7. The number of hydrogen-bond donors (Lipinski definition) is 2. The van der Waals surface area contributed by atoms with Crippen LogP contribution in [-0.2, 0) is 21.3 Å². The molecule has 4 heterocycles. The number of ether oxygens (including phenoxy) is 3. The van der Waals surface area contributed by atoms with Gasteiger partial charge in [0.15, 0.2) is 0 Å². The third-order valence-corrected chi connectivity index (χ3v) is 5.30. The van der Waals surface area contributed by atoms with E-state index < -0.39 is 12.3 Å². The number of pyridine rings is 2. The first-order chi connectivity index (χ1) is 17.0. The zero-order valence-corrected chi connectivity index (χ0v) is 19.7. The minimum absolute atomic E-state index is 0.287. The first-order valence-corrected chi connectivity index (χ1v) is 10.9. The Kier molecular flexibility index (Phi) is 7.51. The molecule has 1 saturated heterocycles. The molecule has 0 radical (unpaired) electrons. The lowest BCUT2D eigenvalue weighted by atomic mass is 10.1. The van der Waals surface area contributed by atoms with Crippen LogP contribution in [0.25, 0.3) is 11.1 Å². The van der Waals surface area contributed by atoms with Crippen molar-refractivity contribution in [2.75, 3.05) is 56.1 Å². The van der Waals surface area contributed by atoms with Crippen molar-refractivity contribution in [3.05, 3.63) is 48.0 Å². The van der Waals surface area contributed by atoms with E-state index in [4.69, 9.17) is 14.2 Å². The van der Waals surface area contributed by atoms with Crippen molar-refractivity contribution in [3.8, 4) is 17.2 Å². The summed E-state index contributed by atoms with van der Waals surface area (Å²) in [5, 5.41) is 19.4. The van der Waals surface area contributed by atoms with Crippen LogP contribution >= 0.6 is 0 Å². The molecule has 1 aliphatic heterocycles. The number of anilines is 3. The van der Waals surface area contributed by atoms with Gasteiger partial charge in [0.05, 0.1) is 37.3 Å². The van der Waals surface area contributed by atoms with E-state index in [2.05, 4.69) is 31.8 Å². The number of nitrogens with zero attached hydrogens (tertiary/aromatic N) is 6. The molecule has 0 aromatic carbocycles. The third-order valence-electron chi connectivity index (χ3n) is 5.30. The number of methoxy groups -OCH3 is 1. The van der Waals surface area contributed by atoms with Crippen LogP contribution < -0.4 is 15.5 Å². The molecule has 1 fully saturated rings. The summed E-state index contributed by atoms with van der Waals surface area (Å²) in [6.45, 7) is 1.90. The van der Waals surface area contributed by atoms with Gasteiger partial charge in [-0.2, -0.15) is 10.4 Å². The summed E-state index contributed by atoms with van der Waals surface area (Å²) >= 11 is 0. The Morgan fingerprint density at radius 1 is 1.34 bits per heavy atom. The first-order valence-electron chi connectivity index (χ1n) is 10.9. The van der Waals surface area contributed by atoms with Gasteiger partial charge in [0.1, 0.15) is 23.4 Å². The minimum Gasteiger partial charge on any atom is -0.383 e. The Morgan fingerprint density at radius 2 is 2.14 bits per heavy atom. The Morgan fingerprint density at radius 3 is 2.83 bits per heavy atom. The molecule has 0 bridgehead atoms. The van der Waals surface area contributed by atoms with Gasteiger partial charge < -0.3 is 19.5 Å².